The van der Waals surface area contributed by atoms with Gasteiger partial charge in [0.15, 0.2) is 0 Å². The quantitative estimate of drug-likeness (QED) is 0.769. The van der Waals surface area contributed by atoms with Gasteiger partial charge in [0.25, 0.3) is 0 Å². The molecule has 0 aliphatic carbocycles. The van der Waals surface area contributed by atoms with E-state index in [0.717, 1.165) is 6.42 Å². The fraction of sp³-hybridized carbons (Fsp3) is 0.833. The number of nitrogens with zero attached hydrogens (tertiary/aromatic N) is 2. The van der Waals surface area contributed by atoms with Gasteiger partial charge < -0.3 is 10.0 Å². The van der Waals surface area contributed by atoms with Crippen LogP contribution in [0.25, 0.3) is 0 Å². The van der Waals surface area contributed by atoms with Crippen molar-refractivity contribution in [3.63, 3.8) is 0 Å². The Morgan fingerprint density at radius 1 is 1.35 bits per heavy atom. The van der Waals surface area contributed by atoms with Gasteiger partial charge in [-0.05, 0) is 32.7 Å². The van der Waals surface area contributed by atoms with Crippen molar-refractivity contribution < 1.29 is 14.7 Å². The van der Waals surface area contributed by atoms with Gasteiger partial charge in [0.2, 0.25) is 5.91 Å². The molecule has 98 valence electrons. The van der Waals surface area contributed by atoms with Gasteiger partial charge in [0, 0.05) is 13.1 Å². The van der Waals surface area contributed by atoms with E-state index in [2.05, 4.69) is 0 Å². The Morgan fingerprint density at radius 2 is 1.94 bits per heavy atom. The number of carbonyl (C=O) groups excluding carboxylic acids is 1. The normalized spacial score (nSPS) is 24.9. The number of rotatable bonds is 5. The SMILES string of the molecule is CCN(CC)C(=O)CN1CCC(C)C1C(=O)O. The Morgan fingerprint density at radius 3 is 2.41 bits per heavy atom. The lowest BCUT2D eigenvalue weighted by molar-refractivity contribution is -0.144. The second-order valence-corrected chi connectivity index (χ2v) is 4.59. The largest absolute Gasteiger partial charge is 0.480 e. The predicted molar refractivity (Wildman–Crippen MR) is 64.7 cm³/mol. The number of hydrogen-bond acceptors (Lipinski definition) is 3. The zero-order valence-corrected chi connectivity index (χ0v) is 10.8. The maximum absolute atomic E-state index is 11.9. The van der Waals surface area contributed by atoms with Gasteiger partial charge in [-0.2, -0.15) is 0 Å². The van der Waals surface area contributed by atoms with E-state index in [1.165, 1.54) is 0 Å². The highest BCUT2D eigenvalue weighted by Crippen LogP contribution is 2.23. The van der Waals surface area contributed by atoms with Crippen LogP contribution in [0.3, 0.4) is 0 Å². The number of likely N-dealkylation sites (tertiary alicyclic amines) is 1. The van der Waals surface area contributed by atoms with Crippen LogP contribution in [0.5, 0.6) is 0 Å². The first kappa shape index (κ1) is 14.0. The number of likely N-dealkylation sites (N-methyl/N-ethyl adjacent to an activating group) is 1. The van der Waals surface area contributed by atoms with Gasteiger partial charge in [-0.3, -0.25) is 14.5 Å². The molecule has 1 N–H and O–H groups in total. The van der Waals surface area contributed by atoms with Crippen molar-refractivity contribution in [3.05, 3.63) is 0 Å². The first-order chi connectivity index (χ1) is 8.01. The van der Waals surface area contributed by atoms with E-state index in [-0.39, 0.29) is 18.4 Å². The summed E-state index contributed by atoms with van der Waals surface area (Å²) in [6, 6.07) is -0.505. The van der Waals surface area contributed by atoms with Crippen molar-refractivity contribution in [2.24, 2.45) is 5.92 Å². The summed E-state index contributed by atoms with van der Waals surface area (Å²) in [5.41, 5.74) is 0. The summed E-state index contributed by atoms with van der Waals surface area (Å²) < 4.78 is 0. The Balaban J connectivity index is 2.62. The first-order valence-corrected chi connectivity index (χ1v) is 6.25. The standard InChI is InChI=1S/C12H22N2O3/c1-4-13(5-2)10(15)8-14-7-6-9(3)11(14)12(16)17/h9,11H,4-8H2,1-3H3,(H,16,17). The molecule has 2 atom stereocenters. The molecule has 1 saturated heterocycles. The van der Waals surface area contributed by atoms with E-state index in [1.807, 2.05) is 20.8 Å². The Hall–Kier alpha value is -1.10. The molecule has 1 heterocycles. The fourth-order valence-corrected chi connectivity index (χ4v) is 2.45. The second-order valence-electron chi connectivity index (χ2n) is 4.59. The van der Waals surface area contributed by atoms with E-state index in [0.29, 0.717) is 19.6 Å². The molecule has 1 fully saturated rings. The Labute approximate surface area is 102 Å². The maximum atomic E-state index is 11.9. The van der Waals surface area contributed by atoms with Crippen molar-refractivity contribution in [1.29, 1.82) is 0 Å². The van der Waals surface area contributed by atoms with Crippen LogP contribution in [0.15, 0.2) is 0 Å². The molecule has 17 heavy (non-hydrogen) atoms. The van der Waals surface area contributed by atoms with Crippen LogP contribution in [-0.2, 0) is 9.59 Å². The summed E-state index contributed by atoms with van der Waals surface area (Å²) in [5, 5.41) is 9.15. The van der Waals surface area contributed by atoms with Crippen LogP contribution < -0.4 is 0 Å². The van der Waals surface area contributed by atoms with Crippen LogP contribution in [0, 0.1) is 5.92 Å². The van der Waals surface area contributed by atoms with E-state index < -0.39 is 12.0 Å². The molecule has 5 heteroatoms. The highest BCUT2D eigenvalue weighted by molar-refractivity contribution is 5.80. The summed E-state index contributed by atoms with van der Waals surface area (Å²) in [6.45, 7) is 8.08. The third kappa shape index (κ3) is 3.19. The highest BCUT2D eigenvalue weighted by Gasteiger charge is 2.37. The zero-order chi connectivity index (χ0) is 13.0. The Kier molecular flexibility index (Phi) is 4.93. The van der Waals surface area contributed by atoms with Crippen molar-refractivity contribution in [3.8, 4) is 0 Å². The number of hydrogen-bond donors (Lipinski definition) is 1. The van der Waals surface area contributed by atoms with Gasteiger partial charge >= 0.3 is 5.97 Å². The van der Waals surface area contributed by atoms with Crippen LogP contribution in [0.1, 0.15) is 27.2 Å². The van der Waals surface area contributed by atoms with Gasteiger partial charge in [-0.25, -0.2) is 0 Å². The number of carboxylic acids is 1. The lowest BCUT2D eigenvalue weighted by Gasteiger charge is -2.26. The minimum atomic E-state index is -0.817. The zero-order valence-electron chi connectivity index (χ0n) is 10.8. The first-order valence-electron chi connectivity index (χ1n) is 6.25. The van der Waals surface area contributed by atoms with Crippen LogP contribution >= 0.6 is 0 Å². The Bertz CT molecular complexity index is 289. The van der Waals surface area contributed by atoms with Crippen LogP contribution in [-0.4, -0.2) is 59.0 Å². The summed E-state index contributed by atoms with van der Waals surface area (Å²) >= 11 is 0. The minimum Gasteiger partial charge on any atom is -0.480 e. The summed E-state index contributed by atoms with van der Waals surface area (Å²) in [6.07, 6.45) is 0.850. The molecular formula is C12H22N2O3. The van der Waals surface area contributed by atoms with Gasteiger partial charge in [0.1, 0.15) is 6.04 Å². The van der Waals surface area contributed by atoms with Crippen molar-refractivity contribution >= 4 is 11.9 Å². The summed E-state index contributed by atoms with van der Waals surface area (Å²) in [5.74, 6) is -0.672. The van der Waals surface area contributed by atoms with E-state index in [4.69, 9.17) is 5.11 Å². The fourth-order valence-electron chi connectivity index (χ4n) is 2.45. The summed E-state index contributed by atoms with van der Waals surface area (Å²) in [4.78, 5) is 26.6. The highest BCUT2D eigenvalue weighted by atomic mass is 16.4. The molecule has 1 rings (SSSR count). The topological polar surface area (TPSA) is 60.9 Å². The van der Waals surface area contributed by atoms with E-state index in [1.54, 1.807) is 9.80 Å². The number of aliphatic carboxylic acids is 1. The third-order valence-corrected chi connectivity index (χ3v) is 3.51. The monoisotopic (exact) mass is 242 g/mol. The van der Waals surface area contributed by atoms with Gasteiger partial charge in [-0.1, -0.05) is 6.92 Å². The van der Waals surface area contributed by atoms with Crippen LogP contribution in [0.4, 0.5) is 0 Å². The molecule has 0 aromatic carbocycles. The number of carbonyl (C=O) groups is 2. The molecule has 2 unspecified atom stereocenters. The molecule has 0 spiro atoms. The van der Waals surface area contributed by atoms with E-state index >= 15 is 0 Å². The minimum absolute atomic E-state index is 0.0235. The predicted octanol–water partition coefficient (Wildman–Crippen LogP) is 0.650. The molecule has 1 amide bonds. The molecule has 0 bridgehead atoms. The van der Waals surface area contributed by atoms with Crippen LogP contribution in [0.2, 0.25) is 0 Å². The van der Waals surface area contributed by atoms with Gasteiger partial charge in [-0.15, -0.1) is 0 Å². The molecule has 1 aliphatic rings. The summed E-state index contributed by atoms with van der Waals surface area (Å²) in [7, 11) is 0. The van der Waals surface area contributed by atoms with E-state index in [9.17, 15) is 9.59 Å². The molecule has 0 aromatic rings. The smallest absolute Gasteiger partial charge is 0.321 e. The van der Waals surface area contributed by atoms with Crippen molar-refractivity contribution in [2.75, 3.05) is 26.2 Å². The molecule has 1 aliphatic heterocycles. The molecule has 0 saturated carbocycles. The molecule has 0 radical (unpaired) electrons. The average Bonchev–Trinajstić information content (AvgIpc) is 2.61. The molecular weight excluding hydrogens is 220 g/mol. The lowest BCUT2D eigenvalue weighted by Crippen LogP contribution is -2.45. The number of amides is 1. The number of carboxylic acid groups (broad SMARTS) is 1. The average molecular weight is 242 g/mol. The molecule has 0 aromatic heterocycles. The maximum Gasteiger partial charge on any atom is 0.321 e. The van der Waals surface area contributed by atoms with Crippen molar-refractivity contribution in [2.45, 2.75) is 33.2 Å². The second kappa shape index (κ2) is 6.00. The molecule has 5 nitrogen and oxygen atoms in total. The van der Waals surface area contributed by atoms with Gasteiger partial charge in [0.05, 0.1) is 6.54 Å². The third-order valence-electron chi connectivity index (χ3n) is 3.51. The van der Waals surface area contributed by atoms with Crippen molar-refractivity contribution in [1.82, 2.24) is 9.80 Å². The lowest BCUT2D eigenvalue weighted by atomic mass is 10.0.